The van der Waals surface area contributed by atoms with E-state index in [1.807, 2.05) is 30.3 Å². The number of piperazine rings is 1. The van der Waals surface area contributed by atoms with E-state index in [1.165, 1.54) is 16.4 Å². The summed E-state index contributed by atoms with van der Waals surface area (Å²) in [7, 11) is -3.55. The second-order valence-corrected chi connectivity index (χ2v) is 9.20. The van der Waals surface area contributed by atoms with E-state index in [-0.39, 0.29) is 10.7 Å². The molecule has 0 atom stereocenters. The van der Waals surface area contributed by atoms with Crippen molar-refractivity contribution in [3.63, 3.8) is 0 Å². The van der Waals surface area contributed by atoms with Gasteiger partial charge in [-0.15, -0.1) is 0 Å². The van der Waals surface area contributed by atoms with Crippen LogP contribution in [0.1, 0.15) is 17.5 Å². The quantitative estimate of drug-likeness (QED) is 0.633. The third kappa shape index (κ3) is 4.68. The minimum absolute atomic E-state index is 0.0735. The largest absolute Gasteiger partial charge is 0.350 e. The lowest BCUT2D eigenvalue weighted by Crippen LogP contribution is -2.48. The van der Waals surface area contributed by atoms with E-state index in [4.69, 9.17) is 4.52 Å². The van der Waals surface area contributed by atoms with Gasteiger partial charge >= 0.3 is 0 Å². The van der Waals surface area contributed by atoms with Crippen LogP contribution in [-0.4, -0.2) is 61.4 Å². The monoisotopic (exact) mass is 440 g/mol. The van der Waals surface area contributed by atoms with Crippen molar-refractivity contribution in [1.82, 2.24) is 14.4 Å². The number of carbonyl (C=O) groups is 1. The number of sulfonamides is 1. The highest BCUT2D eigenvalue weighted by Gasteiger charge is 2.28. The molecule has 0 saturated carbocycles. The van der Waals surface area contributed by atoms with Crippen LogP contribution in [0.2, 0.25) is 0 Å². The van der Waals surface area contributed by atoms with E-state index >= 15 is 0 Å². The standard InChI is InChI=1S/C22H24N4O4S/c1-2-25-12-14-26(15-13-25)31(28,29)19-10-8-18(9-11-19)23-22(27)21-16-20(24-30-21)17-6-4-3-5-7-17/h3-11,16H,2,12-15H2,1H3,(H,23,27). The van der Waals surface area contributed by atoms with Gasteiger partial charge in [-0.25, -0.2) is 8.42 Å². The molecule has 1 aromatic heterocycles. The van der Waals surface area contributed by atoms with Crippen LogP contribution in [0.15, 0.2) is 70.1 Å². The molecule has 2 heterocycles. The summed E-state index contributed by atoms with van der Waals surface area (Å²) < 4.78 is 32.4. The minimum atomic E-state index is -3.55. The average molecular weight is 441 g/mol. The number of carbonyl (C=O) groups excluding carboxylic acids is 1. The highest BCUT2D eigenvalue weighted by Crippen LogP contribution is 2.22. The molecule has 8 nitrogen and oxygen atoms in total. The normalized spacial score (nSPS) is 15.6. The molecule has 162 valence electrons. The Morgan fingerprint density at radius 1 is 1.03 bits per heavy atom. The Morgan fingerprint density at radius 3 is 2.35 bits per heavy atom. The molecule has 1 saturated heterocycles. The second-order valence-electron chi connectivity index (χ2n) is 7.26. The smallest absolute Gasteiger partial charge is 0.294 e. The van der Waals surface area contributed by atoms with Gasteiger partial charge in [0.2, 0.25) is 15.8 Å². The van der Waals surface area contributed by atoms with Crippen molar-refractivity contribution in [3.8, 4) is 11.3 Å². The van der Waals surface area contributed by atoms with Gasteiger partial charge in [0.15, 0.2) is 0 Å². The van der Waals surface area contributed by atoms with Gasteiger partial charge in [0.25, 0.3) is 5.91 Å². The van der Waals surface area contributed by atoms with Gasteiger partial charge in [0.05, 0.1) is 4.90 Å². The minimum Gasteiger partial charge on any atom is -0.350 e. The Hall–Kier alpha value is -3.01. The van der Waals surface area contributed by atoms with Crippen molar-refractivity contribution in [2.75, 3.05) is 38.0 Å². The number of nitrogens with zero attached hydrogens (tertiary/aromatic N) is 3. The maximum absolute atomic E-state index is 12.9. The molecular formula is C22H24N4O4S. The molecular weight excluding hydrogens is 416 g/mol. The molecule has 9 heteroatoms. The third-order valence-corrected chi connectivity index (χ3v) is 7.24. The molecule has 31 heavy (non-hydrogen) atoms. The number of nitrogens with one attached hydrogen (secondary N) is 1. The summed E-state index contributed by atoms with van der Waals surface area (Å²) in [6.45, 7) is 5.39. The molecule has 0 unspecified atom stereocenters. The molecule has 0 aliphatic carbocycles. The first-order chi connectivity index (χ1) is 15.0. The molecule has 0 spiro atoms. The maximum atomic E-state index is 12.9. The van der Waals surface area contributed by atoms with Crippen LogP contribution < -0.4 is 5.32 Å². The van der Waals surface area contributed by atoms with Crippen molar-refractivity contribution in [1.29, 1.82) is 0 Å². The van der Waals surface area contributed by atoms with Crippen LogP contribution in [0.25, 0.3) is 11.3 Å². The number of benzene rings is 2. The number of aromatic nitrogens is 1. The Labute approximate surface area is 181 Å². The highest BCUT2D eigenvalue weighted by atomic mass is 32.2. The molecule has 3 aromatic rings. The molecule has 1 aliphatic rings. The highest BCUT2D eigenvalue weighted by molar-refractivity contribution is 7.89. The van der Waals surface area contributed by atoms with E-state index in [2.05, 4.69) is 22.3 Å². The van der Waals surface area contributed by atoms with Gasteiger partial charge in [0, 0.05) is 43.5 Å². The van der Waals surface area contributed by atoms with Gasteiger partial charge in [-0.1, -0.05) is 42.4 Å². The van der Waals surface area contributed by atoms with Crippen molar-refractivity contribution in [2.24, 2.45) is 0 Å². The van der Waals surface area contributed by atoms with Crippen molar-refractivity contribution in [3.05, 3.63) is 66.4 Å². The Bertz CT molecular complexity index is 1140. The fourth-order valence-corrected chi connectivity index (χ4v) is 4.89. The van der Waals surface area contributed by atoms with Crippen LogP contribution in [0.4, 0.5) is 5.69 Å². The average Bonchev–Trinajstić information content (AvgIpc) is 3.31. The molecule has 1 N–H and O–H groups in total. The Kier molecular flexibility index (Phi) is 6.17. The first-order valence-corrected chi connectivity index (χ1v) is 11.6. The van der Waals surface area contributed by atoms with Crippen LogP contribution >= 0.6 is 0 Å². The van der Waals surface area contributed by atoms with Crippen LogP contribution in [0.5, 0.6) is 0 Å². The topological polar surface area (TPSA) is 95.8 Å². The lowest BCUT2D eigenvalue weighted by molar-refractivity contribution is 0.0988. The predicted molar refractivity (Wildman–Crippen MR) is 117 cm³/mol. The summed E-state index contributed by atoms with van der Waals surface area (Å²) in [5.41, 5.74) is 1.88. The zero-order valence-corrected chi connectivity index (χ0v) is 18.0. The van der Waals surface area contributed by atoms with E-state index in [9.17, 15) is 13.2 Å². The van der Waals surface area contributed by atoms with Crippen molar-refractivity contribution in [2.45, 2.75) is 11.8 Å². The number of hydrogen-bond donors (Lipinski definition) is 1. The molecule has 1 amide bonds. The molecule has 1 aliphatic heterocycles. The number of rotatable bonds is 6. The molecule has 2 aromatic carbocycles. The van der Waals surface area contributed by atoms with Crippen molar-refractivity contribution >= 4 is 21.6 Å². The summed E-state index contributed by atoms with van der Waals surface area (Å²) in [4.78, 5) is 14.9. The summed E-state index contributed by atoms with van der Waals surface area (Å²) in [6, 6.07) is 17.1. The van der Waals surface area contributed by atoms with Gasteiger partial charge in [0.1, 0.15) is 5.69 Å². The zero-order chi connectivity index (χ0) is 21.8. The fraction of sp³-hybridized carbons (Fsp3) is 0.273. The second kappa shape index (κ2) is 9.01. The fourth-order valence-electron chi connectivity index (χ4n) is 3.47. The van der Waals surface area contributed by atoms with Gasteiger partial charge < -0.3 is 14.7 Å². The lowest BCUT2D eigenvalue weighted by Gasteiger charge is -2.33. The SMILES string of the molecule is CCN1CCN(S(=O)(=O)c2ccc(NC(=O)c3cc(-c4ccccc4)no3)cc2)CC1. The van der Waals surface area contributed by atoms with E-state index < -0.39 is 15.9 Å². The van der Waals surface area contributed by atoms with Gasteiger partial charge in [-0.05, 0) is 30.8 Å². The molecule has 1 fully saturated rings. The Morgan fingerprint density at radius 2 is 1.71 bits per heavy atom. The summed E-state index contributed by atoms with van der Waals surface area (Å²) in [6.07, 6.45) is 0. The van der Waals surface area contributed by atoms with E-state index in [0.717, 1.165) is 25.2 Å². The zero-order valence-electron chi connectivity index (χ0n) is 17.2. The number of anilines is 1. The Balaban J connectivity index is 1.42. The maximum Gasteiger partial charge on any atom is 0.294 e. The van der Waals surface area contributed by atoms with Crippen LogP contribution in [0.3, 0.4) is 0 Å². The number of hydrogen-bond acceptors (Lipinski definition) is 6. The first kappa shape index (κ1) is 21.2. The van der Waals surface area contributed by atoms with Crippen LogP contribution in [-0.2, 0) is 10.0 Å². The van der Waals surface area contributed by atoms with E-state index in [0.29, 0.717) is 24.5 Å². The third-order valence-electron chi connectivity index (χ3n) is 5.33. The van der Waals surface area contributed by atoms with Crippen LogP contribution in [0, 0.1) is 0 Å². The summed E-state index contributed by atoms with van der Waals surface area (Å²) in [5, 5.41) is 6.64. The number of likely N-dealkylation sites (N-methyl/N-ethyl adjacent to an activating group) is 1. The first-order valence-electron chi connectivity index (χ1n) is 10.1. The number of amides is 1. The van der Waals surface area contributed by atoms with Gasteiger partial charge in [-0.2, -0.15) is 4.31 Å². The molecule has 4 rings (SSSR count). The summed E-state index contributed by atoms with van der Waals surface area (Å²) in [5.74, 6) is -0.384. The summed E-state index contributed by atoms with van der Waals surface area (Å²) >= 11 is 0. The van der Waals surface area contributed by atoms with Crippen molar-refractivity contribution < 1.29 is 17.7 Å². The lowest BCUT2D eigenvalue weighted by atomic mass is 10.1. The molecule has 0 radical (unpaired) electrons. The van der Waals surface area contributed by atoms with Gasteiger partial charge in [-0.3, -0.25) is 4.79 Å². The predicted octanol–water partition coefficient (Wildman–Crippen LogP) is 2.92. The van der Waals surface area contributed by atoms with E-state index in [1.54, 1.807) is 18.2 Å². The molecule has 0 bridgehead atoms.